The number of carbonyl (C=O) groups is 1. The third-order valence-corrected chi connectivity index (χ3v) is 5.04. The first kappa shape index (κ1) is 21.3. The molecule has 0 radical (unpaired) electrons. The monoisotopic (exact) mass is 433 g/mol. The van der Waals surface area contributed by atoms with Gasteiger partial charge < -0.3 is 14.8 Å². The van der Waals surface area contributed by atoms with Gasteiger partial charge in [-0.3, -0.25) is 4.79 Å². The summed E-state index contributed by atoms with van der Waals surface area (Å²) in [5, 5.41) is 3.03. The van der Waals surface area contributed by atoms with Crippen LogP contribution in [0.2, 0.25) is 0 Å². The van der Waals surface area contributed by atoms with Crippen molar-refractivity contribution >= 4 is 21.8 Å². The second-order valence-electron chi connectivity index (χ2n) is 7.49. The highest BCUT2D eigenvalue weighted by Gasteiger charge is 2.17. The van der Waals surface area contributed by atoms with Crippen molar-refractivity contribution in [1.29, 1.82) is 0 Å². The van der Waals surface area contributed by atoms with E-state index in [2.05, 4.69) is 42.0 Å². The Bertz CT molecular complexity index is 766. The molecule has 0 heterocycles. The van der Waals surface area contributed by atoms with E-state index in [0.29, 0.717) is 5.75 Å². The lowest BCUT2D eigenvalue weighted by molar-refractivity contribution is -0.123. The van der Waals surface area contributed by atoms with Crippen LogP contribution in [-0.4, -0.2) is 19.6 Å². The summed E-state index contributed by atoms with van der Waals surface area (Å²) in [6.45, 7) is 8.49. The van der Waals surface area contributed by atoms with Crippen LogP contribution in [0.4, 0.5) is 0 Å². The zero-order valence-corrected chi connectivity index (χ0v) is 18.2. The predicted molar refractivity (Wildman–Crippen MR) is 113 cm³/mol. The number of amides is 1. The van der Waals surface area contributed by atoms with Gasteiger partial charge in [-0.15, -0.1) is 0 Å². The molecule has 5 heteroatoms. The molecule has 1 atom stereocenters. The molecule has 0 aliphatic rings. The number of carbonyl (C=O) groups excluding carboxylic acids is 1. The van der Waals surface area contributed by atoms with Crippen molar-refractivity contribution in [3.8, 4) is 11.5 Å². The summed E-state index contributed by atoms with van der Waals surface area (Å²) in [6.07, 6.45) is 0.794. The lowest BCUT2D eigenvalue weighted by Gasteiger charge is -2.20. The molecule has 0 unspecified atom stereocenters. The average Bonchev–Trinajstić information content (AvgIpc) is 2.64. The van der Waals surface area contributed by atoms with Gasteiger partial charge in [0.05, 0.1) is 17.6 Å². The fourth-order valence-corrected chi connectivity index (χ4v) is 3.21. The van der Waals surface area contributed by atoms with Crippen molar-refractivity contribution < 1.29 is 14.3 Å². The molecule has 2 aromatic rings. The number of rotatable bonds is 7. The molecule has 0 aliphatic heterocycles. The van der Waals surface area contributed by atoms with Crippen molar-refractivity contribution in [2.75, 3.05) is 13.7 Å². The number of halogens is 1. The van der Waals surface area contributed by atoms with Gasteiger partial charge in [0.15, 0.2) is 6.61 Å². The molecule has 1 amide bonds. The van der Waals surface area contributed by atoms with E-state index < -0.39 is 0 Å². The summed E-state index contributed by atoms with van der Waals surface area (Å²) >= 11 is 3.54. The topological polar surface area (TPSA) is 47.6 Å². The number of hydrogen-bond acceptors (Lipinski definition) is 3. The molecule has 0 fully saturated rings. The lowest BCUT2D eigenvalue weighted by Crippen LogP contribution is -2.32. The zero-order chi connectivity index (χ0) is 20.0. The Morgan fingerprint density at radius 2 is 1.81 bits per heavy atom. The van der Waals surface area contributed by atoms with Gasteiger partial charge in [-0.25, -0.2) is 0 Å². The number of hydrogen-bond donors (Lipinski definition) is 1. The van der Waals surface area contributed by atoms with Gasteiger partial charge in [-0.1, -0.05) is 45.9 Å². The van der Waals surface area contributed by atoms with Crippen molar-refractivity contribution in [3.05, 3.63) is 58.1 Å². The van der Waals surface area contributed by atoms with Crippen LogP contribution in [-0.2, 0) is 10.2 Å². The Hall–Kier alpha value is -2.01. The third-order valence-electron chi connectivity index (χ3n) is 4.42. The van der Waals surface area contributed by atoms with E-state index in [1.54, 1.807) is 7.11 Å². The summed E-state index contributed by atoms with van der Waals surface area (Å²) in [5.74, 6) is 1.31. The van der Waals surface area contributed by atoms with Crippen LogP contribution >= 0.6 is 15.9 Å². The minimum atomic E-state index is -0.149. The smallest absolute Gasteiger partial charge is 0.258 e. The van der Waals surface area contributed by atoms with E-state index in [9.17, 15) is 4.79 Å². The van der Waals surface area contributed by atoms with Gasteiger partial charge in [0.2, 0.25) is 0 Å². The van der Waals surface area contributed by atoms with Crippen molar-refractivity contribution in [2.24, 2.45) is 0 Å². The largest absolute Gasteiger partial charge is 0.497 e. The maximum Gasteiger partial charge on any atom is 0.258 e. The lowest BCUT2D eigenvalue weighted by atomic mass is 9.87. The van der Waals surface area contributed by atoms with Crippen molar-refractivity contribution in [2.45, 2.75) is 45.6 Å². The summed E-state index contributed by atoms with van der Waals surface area (Å²) in [4.78, 5) is 12.3. The SMILES string of the molecule is CC[C@H](NC(=O)COc1ccc(C(C)(C)C)cc1Br)c1ccc(OC)cc1. The first-order chi connectivity index (χ1) is 12.7. The van der Waals surface area contributed by atoms with Gasteiger partial charge in [-0.05, 0) is 63.2 Å². The molecule has 2 aromatic carbocycles. The Morgan fingerprint density at radius 3 is 2.33 bits per heavy atom. The molecule has 27 heavy (non-hydrogen) atoms. The van der Waals surface area contributed by atoms with E-state index in [-0.39, 0.29) is 24.0 Å². The Morgan fingerprint density at radius 1 is 1.15 bits per heavy atom. The van der Waals surface area contributed by atoms with Gasteiger partial charge in [-0.2, -0.15) is 0 Å². The van der Waals surface area contributed by atoms with E-state index in [1.807, 2.05) is 49.4 Å². The molecule has 0 aliphatic carbocycles. The summed E-state index contributed by atoms with van der Waals surface area (Å²) in [6, 6.07) is 13.6. The summed E-state index contributed by atoms with van der Waals surface area (Å²) < 4.78 is 11.7. The zero-order valence-electron chi connectivity index (χ0n) is 16.6. The molecule has 0 spiro atoms. The van der Waals surface area contributed by atoms with Gasteiger partial charge in [0.25, 0.3) is 5.91 Å². The normalized spacial score (nSPS) is 12.4. The minimum Gasteiger partial charge on any atom is -0.497 e. The first-order valence-electron chi connectivity index (χ1n) is 9.10. The van der Waals surface area contributed by atoms with Crippen LogP contribution in [0, 0.1) is 0 Å². The average molecular weight is 434 g/mol. The number of methoxy groups -OCH3 is 1. The Balaban J connectivity index is 1.96. The molecular formula is C22H28BrNO3. The molecule has 146 valence electrons. The maximum atomic E-state index is 12.3. The van der Waals surface area contributed by atoms with Gasteiger partial charge >= 0.3 is 0 Å². The third kappa shape index (κ3) is 5.99. The highest BCUT2D eigenvalue weighted by Crippen LogP contribution is 2.31. The van der Waals surface area contributed by atoms with Crippen LogP contribution in [0.3, 0.4) is 0 Å². The maximum absolute atomic E-state index is 12.3. The molecule has 0 saturated heterocycles. The van der Waals surface area contributed by atoms with Crippen LogP contribution in [0.15, 0.2) is 46.9 Å². The number of benzene rings is 2. The van der Waals surface area contributed by atoms with Gasteiger partial charge in [0, 0.05) is 0 Å². The predicted octanol–water partition coefficient (Wildman–Crippen LogP) is 5.40. The standard InChI is InChI=1S/C22H28BrNO3/c1-6-19(15-7-10-17(26-5)11-8-15)24-21(25)14-27-20-12-9-16(13-18(20)23)22(2,3)4/h7-13,19H,6,14H2,1-5H3,(H,24,25)/t19-/m0/s1. The van der Waals surface area contributed by atoms with Gasteiger partial charge in [0.1, 0.15) is 11.5 Å². The van der Waals surface area contributed by atoms with E-state index in [0.717, 1.165) is 22.2 Å². The van der Waals surface area contributed by atoms with Crippen LogP contribution in [0.1, 0.15) is 51.3 Å². The first-order valence-corrected chi connectivity index (χ1v) is 9.90. The quantitative estimate of drug-likeness (QED) is 0.635. The fourth-order valence-electron chi connectivity index (χ4n) is 2.72. The second-order valence-corrected chi connectivity index (χ2v) is 8.34. The number of nitrogens with one attached hydrogen (secondary N) is 1. The highest BCUT2D eigenvalue weighted by atomic mass is 79.9. The van der Waals surface area contributed by atoms with E-state index >= 15 is 0 Å². The Kier molecular flexibility index (Phi) is 7.31. The minimum absolute atomic E-state index is 0.0277. The molecule has 0 aromatic heterocycles. The summed E-state index contributed by atoms with van der Waals surface area (Å²) in [7, 11) is 1.64. The number of ether oxygens (including phenoxy) is 2. The van der Waals surface area contributed by atoms with Crippen molar-refractivity contribution in [1.82, 2.24) is 5.32 Å². The molecule has 4 nitrogen and oxygen atoms in total. The highest BCUT2D eigenvalue weighted by molar-refractivity contribution is 9.10. The summed E-state index contributed by atoms with van der Waals surface area (Å²) in [5.41, 5.74) is 2.31. The molecule has 2 rings (SSSR count). The molecular weight excluding hydrogens is 406 g/mol. The van der Waals surface area contributed by atoms with Crippen LogP contribution < -0.4 is 14.8 Å². The van der Waals surface area contributed by atoms with Crippen LogP contribution in [0.5, 0.6) is 11.5 Å². The molecule has 0 saturated carbocycles. The second kappa shape index (κ2) is 9.27. The van der Waals surface area contributed by atoms with Crippen molar-refractivity contribution in [3.63, 3.8) is 0 Å². The molecule has 0 bridgehead atoms. The Labute approximate surface area is 170 Å². The van der Waals surface area contributed by atoms with Crippen LogP contribution in [0.25, 0.3) is 0 Å². The molecule has 1 N–H and O–H groups in total. The fraction of sp³-hybridized carbons (Fsp3) is 0.409. The van der Waals surface area contributed by atoms with E-state index in [4.69, 9.17) is 9.47 Å². The van der Waals surface area contributed by atoms with E-state index in [1.165, 1.54) is 5.56 Å².